The molecule has 6 heteroatoms. The van der Waals surface area contributed by atoms with Crippen LogP contribution in [0.2, 0.25) is 10.0 Å². The molecule has 1 heterocycles. The fourth-order valence-corrected chi connectivity index (χ4v) is 3.57. The molecule has 142 valence electrons. The van der Waals surface area contributed by atoms with E-state index in [1.54, 1.807) is 12.1 Å². The van der Waals surface area contributed by atoms with E-state index in [2.05, 4.69) is 17.0 Å². The summed E-state index contributed by atoms with van der Waals surface area (Å²) in [6.45, 7) is 0.746. The number of anilines is 1. The van der Waals surface area contributed by atoms with Gasteiger partial charge in [-0.3, -0.25) is 0 Å². The van der Waals surface area contributed by atoms with Crippen LogP contribution in [0.1, 0.15) is 5.56 Å². The van der Waals surface area contributed by atoms with Gasteiger partial charge >= 0.3 is 0 Å². The van der Waals surface area contributed by atoms with Gasteiger partial charge in [0.15, 0.2) is 5.82 Å². The molecule has 0 fully saturated rings. The Kier molecular flexibility index (Phi) is 6.40. The maximum atomic E-state index is 6.40. The standard InChI is InChI=1S/C22H17Cl2N3.ClH/c1-27(14-15-7-3-2-4-8-15)22-18-9-5-6-10-20(18)25-21(26-22)17-12-11-16(23)13-19(17)24;/h2-13H,14H2,1H3;1H/p-1. The first-order chi connectivity index (χ1) is 13.1. The van der Waals surface area contributed by atoms with Gasteiger partial charge in [-0.2, -0.15) is 0 Å². The number of hydrogen-bond acceptors (Lipinski definition) is 3. The maximum absolute atomic E-state index is 6.40. The van der Waals surface area contributed by atoms with E-state index in [-0.39, 0.29) is 12.4 Å². The van der Waals surface area contributed by atoms with Gasteiger partial charge in [-0.1, -0.05) is 65.7 Å². The zero-order chi connectivity index (χ0) is 18.8. The molecular weight excluding hydrogens is 413 g/mol. The van der Waals surface area contributed by atoms with E-state index in [1.807, 2.05) is 55.6 Å². The summed E-state index contributed by atoms with van der Waals surface area (Å²) in [5.74, 6) is 1.45. The van der Waals surface area contributed by atoms with E-state index in [9.17, 15) is 0 Å². The Hall–Kier alpha value is -2.33. The number of benzene rings is 3. The summed E-state index contributed by atoms with van der Waals surface area (Å²) in [5, 5.41) is 2.13. The van der Waals surface area contributed by atoms with E-state index in [0.29, 0.717) is 15.9 Å². The largest absolute Gasteiger partial charge is 1.00 e. The Balaban J connectivity index is 0.00000225. The van der Waals surface area contributed by atoms with Crippen molar-refractivity contribution in [1.82, 2.24) is 9.97 Å². The molecule has 0 N–H and O–H groups in total. The Morgan fingerprint density at radius 2 is 1.57 bits per heavy atom. The molecule has 0 aliphatic rings. The smallest absolute Gasteiger partial charge is 0.163 e. The van der Waals surface area contributed by atoms with E-state index in [0.717, 1.165) is 28.8 Å². The first-order valence-electron chi connectivity index (χ1n) is 8.59. The Morgan fingerprint density at radius 1 is 0.857 bits per heavy atom. The van der Waals surface area contributed by atoms with Gasteiger partial charge < -0.3 is 17.3 Å². The topological polar surface area (TPSA) is 29.0 Å². The zero-order valence-electron chi connectivity index (χ0n) is 15.1. The van der Waals surface area contributed by atoms with Crippen molar-refractivity contribution in [2.24, 2.45) is 0 Å². The maximum Gasteiger partial charge on any atom is 0.163 e. The second-order valence-electron chi connectivity index (χ2n) is 6.35. The van der Waals surface area contributed by atoms with Crippen molar-refractivity contribution in [2.75, 3.05) is 11.9 Å². The molecule has 0 saturated carbocycles. The highest BCUT2D eigenvalue weighted by Crippen LogP contribution is 2.32. The van der Waals surface area contributed by atoms with Crippen molar-refractivity contribution in [3.63, 3.8) is 0 Å². The molecule has 0 saturated heterocycles. The number of hydrogen-bond donors (Lipinski definition) is 0. The molecule has 0 aliphatic heterocycles. The Morgan fingerprint density at radius 3 is 2.32 bits per heavy atom. The summed E-state index contributed by atoms with van der Waals surface area (Å²) in [6, 6.07) is 23.7. The summed E-state index contributed by atoms with van der Waals surface area (Å²) in [5.41, 5.74) is 2.86. The molecule has 0 amide bonds. The fourth-order valence-electron chi connectivity index (χ4n) is 3.07. The van der Waals surface area contributed by atoms with Crippen LogP contribution < -0.4 is 17.3 Å². The average Bonchev–Trinajstić information content (AvgIpc) is 2.68. The molecule has 0 spiro atoms. The monoisotopic (exact) mass is 428 g/mol. The molecule has 1 aromatic heterocycles. The van der Waals surface area contributed by atoms with Gasteiger partial charge in [-0.05, 0) is 35.9 Å². The molecular formula is C22H17Cl3N3-. The highest BCUT2D eigenvalue weighted by molar-refractivity contribution is 6.36. The van der Waals surface area contributed by atoms with Crippen LogP contribution in [0.25, 0.3) is 22.3 Å². The summed E-state index contributed by atoms with van der Waals surface area (Å²) in [6.07, 6.45) is 0. The lowest BCUT2D eigenvalue weighted by Crippen LogP contribution is -3.00. The SMILES string of the molecule is CN(Cc1ccccc1)c1nc(-c2ccc(Cl)cc2Cl)nc2ccccc12.[Cl-]. The summed E-state index contributed by atoms with van der Waals surface area (Å²) < 4.78 is 0. The molecule has 3 nitrogen and oxygen atoms in total. The molecule has 28 heavy (non-hydrogen) atoms. The van der Waals surface area contributed by atoms with E-state index < -0.39 is 0 Å². The lowest BCUT2D eigenvalue weighted by molar-refractivity contribution is -0.00000529. The predicted octanol–water partition coefficient (Wildman–Crippen LogP) is 3.24. The second-order valence-corrected chi connectivity index (χ2v) is 7.20. The zero-order valence-corrected chi connectivity index (χ0v) is 17.4. The minimum absolute atomic E-state index is 0. The van der Waals surface area contributed by atoms with Gasteiger partial charge in [0.25, 0.3) is 0 Å². The van der Waals surface area contributed by atoms with Gasteiger partial charge in [0.1, 0.15) is 5.82 Å². The van der Waals surface area contributed by atoms with E-state index in [4.69, 9.17) is 33.2 Å². The first kappa shape index (κ1) is 20.4. The summed E-state index contributed by atoms with van der Waals surface area (Å²) in [7, 11) is 2.04. The van der Waals surface area contributed by atoms with Gasteiger partial charge in [0.05, 0.1) is 10.5 Å². The van der Waals surface area contributed by atoms with Crippen LogP contribution in [0.15, 0.2) is 72.8 Å². The lowest BCUT2D eigenvalue weighted by Gasteiger charge is -2.21. The number of para-hydroxylation sites is 1. The van der Waals surface area contributed by atoms with Gasteiger partial charge in [-0.25, -0.2) is 9.97 Å². The minimum atomic E-state index is 0. The summed E-state index contributed by atoms with van der Waals surface area (Å²) in [4.78, 5) is 11.7. The normalized spacial score (nSPS) is 10.5. The average molecular weight is 430 g/mol. The third-order valence-electron chi connectivity index (χ3n) is 4.38. The van der Waals surface area contributed by atoms with Gasteiger partial charge in [0.2, 0.25) is 0 Å². The van der Waals surface area contributed by atoms with Crippen molar-refractivity contribution >= 4 is 39.9 Å². The predicted molar refractivity (Wildman–Crippen MR) is 114 cm³/mol. The molecule has 0 aliphatic carbocycles. The third-order valence-corrected chi connectivity index (χ3v) is 4.93. The van der Waals surface area contributed by atoms with Crippen molar-refractivity contribution in [2.45, 2.75) is 6.54 Å². The molecule has 0 radical (unpaired) electrons. The quantitative estimate of drug-likeness (QED) is 0.499. The van der Waals surface area contributed by atoms with Crippen molar-refractivity contribution < 1.29 is 12.4 Å². The molecule has 3 aromatic carbocycles. The summed E-state index contributed by atoms with van der Waals surface area (Å²) >= 11 is 12.4. The number of rotatable bonds is 4. The van der Waals surface area contributed by atoms with Crippen LogP contribution in [0.4, 0.5) is 5.82 Å². The van der Waals surface area contributed by atoms with E-state index in [1.165, 1.54) is 5.56 Å². The fraction of sp³-hybridized carbons (Fsp3) is 0.0909. The van der Waals surface area contributed by atoms with Crippen LogP contribution in [-0.4, -0.2) is 17.0 Å². The van der Waals surface area contributed by atoms with Crippen LogP contribution in [-0.2, 0) is 6.54 Å². The molecule has 0 bridgehead atoms. The number of halogens is 3. The van der Waals surface area contributed by atoms with Crippen LogP contribution in [0.5, 0.6) is 0 Å². The minimum Gasteiger partial charge on any atom is -1.00 e. The number of fused-ring (bicyclic) bond motifs is 1. The highest BCUT2D eigenvalue weighted by Gasteiger charge is 2.15. The van der Waals surface area contributed by atoms with Gasteiger partial charge in [0, 0.05) is 29.6 Å². The van der Waals surface area contributed by atoms with Crippen molar-refractivity contribution in [3.05, 3.63) is 88.4 Å². The molecule has 4 aromatic rings. The van der Waals surface area contributed by atoms with Crippen LogP contribution in [0, 0.1) is 0 Å². The molecule has 0 atom stereocenters. The highest BCUT2D eigenvalue weighted by atomic mass is 35.5. The molecule has 4 rings (SSSR count). The van der Waals surface area contributed by atoms with Crippen LogP contribution in [0.3, 0.4) is 0 Å². The van der Waals surface area contributed by atoms with Crippen molar-refractivity contribution in [1.29, 1.82) is 0 Å². The molecule has 0 unspecified atom stereocenters. The van der Waals surface area contributed by atoms with Crippen molar-refractivity contribution in [3.8, 4) is 11.4 Å². The number of aromatic nitrogens is 2. The number of nitrogens with zero attached hydrogens (tertiary/aromatic N) is 3. The Labute approximate surface area is 180 Å². The first-order valence-corrected chi connectivity index (χ1v) is 9.34. The van der Waals surface area contributed by atoms with E-state index >= 15 is 0 Å². The van der Waals surface area contributed by atoms with Gasteiger partial charge in [-0.15, -0.1) is 0 Å². The lowest BCUT2D eigenvalue weighted by atomic mass is 10.1. The second kappa shape index (κ2) is 8.78. The van der Waals surface area contributed by atoms with Crippen LogP contribution >= 0.6 is 23.2 Å². The Bertz CT molecular complexity index is 1100. The third kappa shape index (κ3) is 4.22.